The van der Waals surface area contributed by atoms with Crippen LogP contribution in [0.1, 0.15) is 21.5 Å². The van der Waals surface area contributed by atoms with Crippen LogP contribution in [0.25, 0.3) is 0 Å². The molecule has 0 saturated carbocycles. The maximum absolute atomic E-state index is 13.9. The maximum Gasteiger partial charge on any atom is 0.256 e. The van der Waals surface area contributed by atoms with Crippen LogP contribution in [0, 0.1) is 5.82 Å². The fraction of sp³-hybridized carbons (Fsp3) is 0. The van der Waals surface area contributed by atoms with Gasteiger partial charge in [-0.05, 0) is 36.4 Å². The van der Waals surface area contributed by atoms with Gasteiger partial charge < -0.3 is 9.84 Å². The monoisotopic (exact) mass is 415 g/mol. The first-order chi connectivity index (χ1) is 14.7. The third kappa shape index (κ3) is 3.51. The Morgan fingerprint density at radius 2 is 1.87 bits per heavy atom. The number of halogens is 1. The normalized spacial score (nSPS) is 12.4. The highest BCUT2D eigenvalue weighted by Crippen LogP contribution is 2.41. The summed E-state index contributed by atoms with van der Waals surface area (Å²) in [5.74, 6) is -0.313. The Morgan fingerprint density at radius 3 is 2.70 bits per heavy atom. The molecule has 0 atom stereocenters. The van der Waals surface area contributed by atoms with E-state index < -0.39 is 0 Å². The molecule has 4 aromatic rings. The largest absolute Gasteiger partial charge is 0.363 e. The van der Waals surface area contributed by atoms with E-state index in [9.17, 15) is 9.18 Å². The number of fused-ring (bicyclic) bond motifs is 2. The molecule has 5 nitrogen and oxygen atoms in total. The van der Waals surface area contributed by atoms with E-state index >= 15 is 0 Å². The lowest BCUT2D eigenvalue weighted by atomic mass is 10.0. The predicted molar refractivity (Wildman–Crippen MR) is 113 cm³/mol. The molecule has 30 heavy (non-hydrogen) atoms. The molecule has 7 heteroatoms. The highest BCUT2D eigenvalue weighted by Gasteiger charge is 2.20. The summed E-state index contributed by atoms with van der Waals surface area (Å²) in [4.78, 5) is 19.4. The van der Waals surface area contributed by atoms with Crippen LogP contribution in [0.5, 0.6) is 0 Å². The van der Waals surface area contributed by atoms with Gasteiger partial charge in [0.15, 0.2) is 5.82 Å². The Balaban J connectivity index is 1.61. The van der Waals surface area contributed by atoms with Gasteiger partial charge in [-0.25, -0.2) is 9.38 Å². The summed E-state index contributed by atoms with van der Waals surface area (Å²) in [6, 6.07) is 21.1. The van der Waals surface area contributed by atoms with E-state index in [0.29, 0.717) is 28.3 Å². The standard InChI is InChI=1S/C23H14FN3O2S/c24-16-5-3-4-14(12-16)22-17-6-1-2-7-19(17)30-20-9-8-15(13-18(20)25-22)23(28)26-21-10-11-29-27-21/h1-13H,(H,26,27,28). The van der Waals surface area contributed by atoms with Crippen LogP contribution in [0.2, 0.25) is 0 Å². The number of anilines is 1. The summed E-state index contributed by atoms with van der Waals surface area (Å²) in [6.45, 7) is 0. The van der Waals surface area contributed by atoms with Gasteiger partial charge in [0.25, 0.3) is 5.91 Å². The number of aliphatic imine (C=N–C) groups is 1. The molecule has 1 aromatic heterocycles. The van der Waals surface area contributed by atoms with E-state index in [1.165, 1.54) is 18.4 Å². The average molecular weight is 415 g/mol. The molecule has 0 fully saturated rings. The Labute approximate surface area is 175 Å². The molecule has 0 unspecified atom stereocenters. The van der Waals surface area contributed by atoms with E-state index in [-0.39, 0.29) is 11.7 Å². The lowest BCUT2D eigenvalue weighted by Gasteiger charge is -2.09. The molecule has 0 bridgehead atoms. The number of aromatic nitrogens is 1. The molecular weight excluding hydrogens is 401 g/mol. The number of nitrogens with zero attached hydrogens (tertiary/aromatic N) is 2. The molecule has 1 N–H and O–H groups in total. The van der Waals surface area contributed by atoms with Crippen LogP contribution in [-0.4, -0.2) is 16.8 Å². The first-order valence-corrected chi connectivity index (χ1v) is 9.97. The predicted octanol–water partition coefficient (Wildman–Crippen LogP) is 5.70. The second kappa shape index (κ2) is 7.61. The van der Waals surface area contributed by atoms with Crippen LogP contribution in [0.4, 0.5) is 15.9 Å². The number of hydrogen-bond acceptors (Lipinski definition) is 5. The average Bonchev–Trinajstić information content (AvgIpc) is 3.20. The molecule has 0 saturated heterocycles. The molecular formula is C23H14FN3O2S. The molecule has 5 rings (SSSR count). The number of hydrogen-bond donors (Lipinski definition) is 1. The van der Waals surface area contributed by atoms with E-state index in [1.54, 1.807) is 36.0 Å². The zero-order valence-corrected chi connectivity index (χ0v) is 16.3. The molecule has 146 valence electrons. The lowest BCUT2D eigenvalue weighted by Crippen LogP contribution is -2.12. The van der Waals surface area contributed by atoms with Gasteiger partial charge in [-0.2, -0.15) is 0 Å². The van der Waals surface area contributed by atoms with Gasteiger partial charge in [0, 0.05) is 32.5 Å². The fourth-order valence-corrected chi connectivity index (χ4v) is 4.21. The van der Waals surface area contributed by atoms with Crippen molar-refractivity contribution in [3.05, 3.63) is 102 Å². The fourth-order valence-electron chi connectivity index (χ4n) is 3.20. The molecule has 1 amide bonds. The number of carbonyl (C=O) groups excluding carboxylic acids is 1. The van der Waals surface area contributed by atoms with Crippen molar-refractivity contribution in [3.63, 3.8) is 0 Å². The Bertz CT molecular complexity index is 1290. The zero-order chi connectivity index (χ0) is 20.5. The van der Waals surface area contributed by atoms with Crippen molar-refractivity contribution in [1.82, 2.24) is 5.16 Å². The summed E-state index contributed by atoms with van der Waals surface area (Å²) in [7, 11) is 0. The number of nitrogens with one attached hydrogen (secondary N) is 1. The van der Waals surface area contributed by atoms with E-state index in [1.807, 2.05) is 36.4 Å². The van der Waals surface area contributed by atoms with Crippen molar-refractivity contribution in [3.8, 4) is 0 Å². The zero-order valence-electron chi connectivity index (χ0n) is 15.5. The van der Waals surface area contributed by atoms with Crippen molar-refractivity contribution < 1.29 is 13.7 Å². The van der Waals surface area contributed by atoms with Gasteiger partial charge in [0.1, 0.15) is 12.1 Å². The van der Waals surface area contributed by atoms with Crippen molar-refractivity contribution in [2.45, 2.75) is 9.79 Å². The molecule has 0 spiro atoms. The summed E-state index contributed by atoms with van der Waals surface area (Å²) >= 11 is 1.56. The highest BCUT2D eigenvalue weighted by atomic mass is 32.2. The maximum atomic E-state index is 13.9. The van der Waals surface area contributed by atoms with E-state index in [2.05, 4.69) is 10.5 Å². The Hall–Kier alpha value is -3.71. The van der Waals surface area contributed by atoms with Crippen LogP contribution in [0.15, 0.2) is 98.4 Å². The second-order valence-electron chi connectivity index (χ2n) is 6.59. The molecule has 1 aliphatic rings. The van der Waals surface area contributed by atoms with Crippen LogP contribution < -0.4 is 5.32 Å². The highest BCUT2D eigenvalue weighted by molar-refractivity contribution is 7.99. The van der Waals surface area contributed by atoms with Crippen molar-refractivity contribution in [2.75, 3.05) is 5.32 Å². The van der Waals surface area contributed by atoms with Gasteiger partial charge in [-0.1, -0.05) is 47.3 Å². The minimum atomic E-state index is -0.328. The number of rotatable bonds is 3. The Kier molecular flexibility index (Phi) is 4.65. The third-order valence-electron chi connectivity index (χ3n) is 4.59. The van der Waals surface area contributed by atoms with Crippen LogP contribution in [-0.2, 0) is 0 Å². The molecule has 1 aliphatic heterocycles. The number of amides is 1. The SMILES string of the molecule is O=C(Nc1ccon1)c1ccc2c(c1)N=C(c1cccc(F)c1)c1ccccc1S2. The number of benzene rings is 3. The molecule has 0 radical (unpaired) electrons. The topological polar surface area (TPSA) is 67.5 Å². The minimum absolute atomic E-state index is 0.319. The van der Waals surface area contributed by atoms with Gasteiger partial charge in [0.05, 0.1) is 11.4 Å². The molecule has 2 heterocycles. The lowest BCUT2D eigenvalue weighted by molar-refractivity contribution is 0.102. The van der Waals surface area contributed by atoms with E-state index in [4.69, 9.17) is 9.52 Å². The van der Waals surface area contributed by atoms with Gasteiger partial charge in [0.2, 0.25) is 0 Å². The first kappa shape index (κ1) is 18.3. The van der Waals surface area contributed by atoms with Crippen molar-refractivity contribution in [1.29, 1.82) is 0 Å². The van der Waals surface area contributed by atoms with Crippen LogP contribution in [0.3, 0.4) is 0 Å². The summed E-state index contributed by atoms with van der Waals surface area (Å²) < 4.78 is 18.7. The van der Waals surface area contributed by atoms with Crippen molar-refractivity contribution >= 4 is 34.9 Å². The molecule has 0 aliphatic carbocycles. The second-order valence-corrected chi connectivity index (χ2v) is 7.67. The van der Waals surface area contributed by atoms with Gasteiger partial charge in [-0.15, -0.1) is 0 Å². The first-order valence-electron chi connectivity index (χ1n) is 9.15. The summed E-state index contributed by atoms with van der Waals surface area (Å²) in [5, 5.41) is 6.38. The third-order valence-corrected chi connectivity index (χ3v) is 5.73. The minimum Gasteiger partial charge on any atom is -0.363 e. The van der Waals surface area contributed by atoms with Gasteiger partial charge >= 0.3 is 0 Å². The quantitative estimate of drug-likeness (QED) is 0.410. The van der Waals surface area contributed by atoms with Crippen molar-refractivity contribution in [2.24, 2.45) is 4.99 Å². The smallest absolute Gasteiger partial charge is 0.256 e. The van der Waals surface area contributed by atoms with E-state index in [0.717, 1.165) is 15.4 Å². The Morgan fingerprint density at radius 1 is 0.967 bits per heavy atom. The van der Waals surface area contributed by atoms with Crippen LogP contribution >= 0.6 is 11.8 Å². The van der Waals surface area contributed by atoms with Gasteiger partial charge in [-0.3, -0.25) is 4.79 Å². The summed E-state index contributed by atoms with van der Waals surface area (Å²) in [5.41, 5.74) is 3.32. The molecule has 3 aromatic carbocycles. The summed E-state index contributed by atoms with van der Waals surface area (Å²) in [6.07, 6.45) is 1.38. The number of carbonyl (C=O) groups is 1.